The zero-order chi connectivity index (χ0) is 23.8. The normalized spacial score (nSPS) is 12.9. The number of unbranched alkanes of at least 4 members (excludes halogenated alkanes) is 3. The van der Waals surface area contributed by atoms with E-state index in [2.05, 4.69) is 83.4 Å². The maximum Gasteiger partial charge on any atom is 0.214 e. The second-order valence-electron chi connectivity index (χ2n) is 9.18. The van der Waals surface area contributed by atoms with Crippen molar-refractivity contribution in [1.82, 2.24) is 14.9 Å². The molecule has 4 rings (SSSR count). The number of carbonyl (C=O) groups is 1. The summed E-state index contributed by atoms with van der Waals surface area (Å²) in [5.74, 6) is 0.217. The van der Waals surface area contributed by atoms with Gasteiger partial charge in [0.25, 0.3) is 0 Å². The molecule has 2 aromatic heterocycles. The minimum absolute atomic E-state index is 0.0670. The molecule has 172 valence electrons. The second kappa shape index (κ2) is 11.7. The van der Waals surface area contributed by atoms with E-state index in [-0.39, 0.29) is 17.5 Å². The van der Waals surface area contributed by atoms with Gasteiger partial charge in [0, 0.05) is 47.9 Å². The van der Waals surface area contributed by atoms with Gasteiger partial charge < -0.3 is 9.88 Å². The molecule has 1 amide bonds. The lowest BCUT2D eigenvalue weighted by Gasteiger charge is -2.19. The lowest BCUT2D eigenvalue weighted by atomic mass is 9.63. The van der Waals surface area contributed by atoms with Crippen molar-refractivity contribution >= 4 is 32.5 Å². The summed E-state index contributed by atoms with van der Waals surface area (Å²) in [5.41, 5.74) is 4.95. The quantitative estimate of drug-likeness (QED) is 0.276. The van der Waals surface area contributed by atoms with Crippen LogP contribution in [0.2, 0.25) is 5.82 Å². The largest absolute Gasteiger partial charge is 0.356 e. The van der Waals surface area contributed by atoms with Crippen LogP contribution in [0.15, 0.2) is 85.2 Å². The molecule has 0 radical (unpaired) electrons. The minimum Gasteiger partial charge on any atom is -0.356 e. The second-order valence-corrected chi connectivity index (χ2v) is 9.18. The molecular formula is C28H33B2N3O. The molecule has 1 N–H and O–H groups in total. The van der Waals surface area contributed by atoms with Gasteiger partial charge in [0.15, 0.2) is 0 Å². The van der Waals surface area contributed by atoms with E-state index in [1.54, 1.807) is 6.20 Å². The van der Waals surface area contributed by atoms with Crippen LogP contribution in [0.25, 0.3) is 22.2 Å². The molecular weight excluding hydrogens is 416 g/mol. The molecule has 2 atom stereocenters. The van der Waals surface area contributed by atoms with Gasteiger partial charge >= 0.3 is 0 Å². The van der Waals surface area contributed by atoms with Crippen LogP contribution < -0.4 is 5.32 Å². The van der Waals surface area contributed by atoms with Gasteiger partial charge in [0.2, 0.25) is 5.91 Å². The van der Waals surface area contributed by atoms with Crippen LogP contribution in [0.4, 0.5) is 0 Å². The number of nitrogens with zero attached hydrogens (tertiary/aromatic N) is 2. The maximum atomic E-state index is 12.6. The number of hydrogen-bond acceptors (Lipinski definition) is 2. The number of fused-ring (bicyclic) bond motifs is 1. The summed E-state index contributed by atoms with van der Waals surface area (Å²) in [5, 5.41) is 4.42. The standard InChI is InChI=1S/C28H33B2N3O/c29-26(23-14-10-16-31-20-23)27(30)28(34)32-17-8-1-2-9-18-33-24-15-7-6-13-22(24)19-25(33)21-11-4-3-5-12-21/h3-7,10-16,19-20,26-27H,1-2,8-9,17-18,29-30H2,(H,32,34)/t26-,27+/m0/s1. The predicted octanol–water partition coefficient (Wildman–Crippen LogP) is 4.18. The number of amides is 1. The lowest BCUT2D eigenvalue weighted by molar-refractivity contribution is -0.121. The number of para-hydroxylation sites is 1. The number of nitrogens with one attached hydrogen (secondary N) is 1. The molecule has 0 saturated heterocycles. The Bertz CT molecular complexity index is 1190. The Kier molecular flexibility index (Phi) is 8.24. The average molecular weight is 449 g/mol. The highest BCUT2D eigenvalue weighted by Gasteiger charge is 2.21. The van der Waals surface area contributed by atoms with Crippen LogP contribution >= 0.6 is 0 Å². The fourth-order valence-electron chi connectivity index (χ4n) is 4.58. The highest BCUT2D eigenvalue weighted by Crippen LogP contribution is 2.29. The van der Waals surface area contributed by atoms with Crippen molar-refractivity contribution in [3.63, 3.8) is 0 Å². The molecule has 2 heterocycles. The van der Waals surface area contributed by atoms with Gasteiger partial charge in [0.05, 0.1) is 0 Å². The highest BCUT2D eigenvalue weighted by atomic mass is 16.1. The fraction of sp³-hybridized carbons (Fsp3) is 0.286. The number of aromatic nitrogens is 2. The van der Waals surface area contributed by atoms with Gasteiger partial charge in [-0.2, -0.15) is 0 Å². The number of rotatable bonds is 11. The Hall–Kier alpha value is -3.27. The van der Waals surface area contributed by atoms with Crippen LogP contribution in [0.5, 0.6) is 0 Å². The molecule has 0 saturated carbocycles. The molecule has 0 unspecified atom stereocenters. The van der Waals surface area contributed by atoms with Crippen LogP contribution in [-0.2, 0) is 11.3 Å². The third kappa shape index (κ3) is 5.80. The number of hydrogen-bond donors (Lipinski definition) is 1. The topological polar surface area (TPSA) is 46.9 Å². The summed E-state index contributed by atoms with van der Waals surface area (Å²) in [6.45, 7) is 1.74. The molecule has 2 aromatic carbocycles. The van der Waals surface area contributed by atoms with Gasteiger partial charge in [-0.25, -0.2) is 0 Å². The fourth-order valence-corrected chi connectivity index (χ4v) is 4.58. The van der Waals surface area contributed by atoms with Gasteiger partial charge in [-0.3, -0.25) is 9.78 Å². The number of pyridine rings is 1. The number of carbonyl (C=O) groups excluding carboxylic acids is 1. The molecule has 34 heavy (non-hydrogen) atoms. The molecule has 0 spiro atoms. The monoisotopic (exact) mass is 449 g/mol. The summed E-state index contributed by atoms with van der Waals surface area (Å²) < 4.78 is 2.45. The Balaban J connectivity index is 1.23. The first-order chi connectivity index (χ1) is 16.6. The third-order valence-corrected chi connectivity index (χ3v) is 6.86. The van der Waals surface area contributed by atoms with Gasteiger partial charge in [-0.05, 0) is 48.0 Å². The average Bonchev–Trinajstić information content (AvgIpc) is 3.26. The lowest BCUT2D eigenvalue weighted by Crippen LogP contribution is -2.31. The van der Waals surface area contributed by atoms with Crippen molar-refractivity contribution in [2.24, 2.45) is 0 Å². The first kappa shape index (κ1) is 23.9. The summed E-state index contributed by atoms with van der Waals surface area (Å²) in [6.07, 6.45) is 8.03. The number of aryl methyl sites for hydroxylation is 1. The SMILES string of the molecule is B[C@@H](C(=O)NCCCCCCn1c(-c2ccccc2)cc2ccccc21)[C@@H](B)c1cccnc1. The van der Waals surface area contributed by atoms with Crippen LogP contribution in [-0.4, -0.2) is 37.7 Å². The van der Waals surface area contributed by atoms with Crippen LogP contribution in [0.1, 0.15) is 37.1 Å². The van der Waals surface area contributed by atoms with Crippen LogP contribution in [0.3, 0.4) is 0 Å². The summed E-state index contributed by atoms with van der Waals surface area (Å²) in [7, 11) is 4.09. The van der Waals surface area contributed by atoms with Crippen LogP contribution in [0, 0.1) is 0 Å². The first-order valence-electron chi connectivity index (χ1n) is 12.5. The Labute approximate surface area is 204 Å². The zero-order valence-corrected chi connectivity index (χ0v) is 20.3. The Morgan fingerprint density at radius 2 is 1.68 bits per heavy atom. The van der Waals surface area contributed by atoms with Crippen molar-refractivity contribution in [3.8, 4) is 11.3 Å². The molecule has 0 aliphatic heterocycles. The molecule has 4 nitrogen and oxygen atoms in total. The van der Waals surface area contributed by atoms with E-state index < -0.39 is 0 Å². The van der Waals surface area contributed by atoms with Crippen molar-refractivity contribution in [2.45, 2.75) is 43.9 Å². The van der Waals surface area contributed by atoms with E-state index in [1.807, 2.05) is 26.2 Å². The smallest absolute Gasteiger partial charge is 0.214 e. The first-order valence-corrected chi connectivity index (χ1v) is 12.5. The third-order valence-electron chi connectivity index (χ3n) is 6.86. The van der Waals surface area contributed by atoms with E-state index in [9.17, 15) is 4.79 Å². The summed E-state index contributed by atoms with van der Waals surface area (Å²) >= 11 is 0. The predicted molar refractivity (Wildman–Crippen MR) is 147 cm³/mol. The number of benzene rings is 2. The van der Waals surface area contributed by atoms with E-state index >= 15 is 0 Å². The van der Waals surface area contributed by atoms with E-state index in [0.717, 1.165) is 44.3 Å². The van der Waals surface area contributed by atoms with Crippen molar-refractivity contribution in [3.05, 3.63) is 90.8 Å². The van der Waals surface area contributed by atoms with Gasteiger partial charge in [-0.1, -0.05) is 67.4 Å². The van der Waals surface area contributed by atoms with Crippen molar-refractivity contribution in [2.75, 3.05) is 6.54 Å². The summed E-state index contributed by atoms with van der Waals surface area (Å²) in [4.78, 5) is 16.7. The van der Waals surface area contributed by atoms with Gasteiger partial charge in [-0.15, -0.1) is 0 Å². The molecule has 0 fully saturated rings. The van der Waals surface area contributed by atoms with E-state index in [4.69, 9.17) is 0 Å². The molecule has 0 bridgehead atoms. The Morgan fingerprint density at radius 1 is 0.912 bits per heavy atom. The summed E-state index contributed by atoms with van der Waals surface area (Å²) in [6, 6.07) is 25.5. The zero-order valence-electron chi connectivity index (χ0n) is 20.3. The molecule has 4 aromatic rings. The molecule has 6 heteroatoms. The minimum atomic E-state index is -0.0670. The van der Waals surface area contributed by atoms with E-state index in [0.29, 0.717) is 0 Å². The molecule has 0 aliphatic rings. The Morgan fingerprint density at radius 3 is 2.47 bits per heavy atom. The maximum absolute atomic E-state index is 12.6. The molecule has 0 aliphatic carbocycles. The van der Waals surface area contributed by atoms with Crippen molar-refractivity contribution < 1.29 is 4.79 Å². The van der Waals surface area contributed by atoms with Crippen molar-refractivity contribution in [1.29, 1.82) is 0 Å². The van der Waals surface area contributed by atoms with E-state index in [1.165, 1.54) is 22.2 Å². The highest BCUT2D eigenvalue weighted by molar-refractivity contribution is 6.30. The van der Waals surface area contributed by atoms with Gasteiger partial charge in [0.1, 0.15) is 15.7 Å².